The van der Waals surface area contributed by atoms with Gasteiger partial charge >= 0.3 is 5.97 Å². The number of ether oxygens (including phenoxy) is 1. The summed E-state index contributed by atoms with van der Waals surface area (Å²) >= 11 is 0. The van der Waals surface area contributed by atoms with E-state index in [1.165, 1.54) is 0 Å². The van der Waals surface area contributed by atoms with E-state index in [1.807, 2.05) is 30.3 Å². The topological polar surface area (TPSA) is 62.1 Å². The molecule has 88 valence electrons. The van der Waals surface area contributed by atoms with E-state index in [4.69, 9.17) is 10.00 Å². The number of rotatable bonds is 3. The highest BCUT2D eigenvalue weighted by Crippen LogP contribution is 2.13. The molecule has 1 fully saturated rings. The molecule has 1 saturated heterocycles. The van der Waals surface area contributed by atoms with Gasteiger partial charge in [-0.3, -0.25) is 10.1 Å². The van der Waals surface area contributed by atoms with E-state index >= 15 is 0 Å². The third kappa shape index (κ3) is 3.05. The van der Waals surface area contributed by atoms with Crippen LogP contribution in [-0.2, 0) is 16.1 Å². The fourth-order valence-corrected chi connectivity index (χ4v) is 1.86. The lowest BCUT2D eigenvalue weighted by atomic mass is 10.2. The van der Waals surface area contributed by atoms with Crippen LogP contribution < -0.4 is 5.32 Å². The van der Waals surface area contributed by atoms with Gasteiger partial charge in [-0.05, 0) is 18.4 Å². The fraction of sp³-hybridized carbons (Fsp3) is 0.385. The lowest BCUT2D eigenvalue weighted by Crippen LogP contribution is -2.36. The van der Waals surface area contributed by atoms with Gasteiger partial charge in [0.15, 0.2) is 0 Å². The van der Waals surface area contributed by atoms with Gasteiger partial charge in [0.05, 0.1) is 12.1 Å². The summed E-state index contributed by atoms with van der Waals surface area (Å²) in [6.45, 7) is 0.287. The van der Waals surface area contributed by atoms with E-state index in [0.29, 0.717) is 12.8 Å². The zero-order valence-corrected chi connectivity index (χ0v) is 9.43. The van der Waals surface area contributed by atoms with Crippen molar-refractivity contribution in [3.63, 3.8) is 0 Å². The van der Waals surface area contributed by atoms with Gasteiger partial charge in [-0.25, -0.2) is 0 Å². The number of hydrogen-bond donors (Lipinski definition) is 1. The van der Waals surface area contributed by atoms with E-state index in [9.17, 15) is 4.79 Å². The maximum absolute atomic E-state index is 11.7. The zero-order valence-electron chi connectivity index (χ0n) is 9.43. The number of carbonyl (C=O) groups is 1. The minimum Gasteiger partial charge on any atom is -0.460 e. The second-order valence-electron chi connectivity index (χ2n) is 4.07. The van der Waals surface area contributed by atoms with Crippen LogP contribution in [0.1, 0.15) is 18.4 Å². The van der Waals surface area contributed by atoms with Crippen LogP contribution in [0.2, 0.25) is 0 Å². The molecule has 1 aromatic rings. The van der Waals surface area contributed by atoms with Crippen molar-refractivity contribution in [1.29, 1.82) is 5.26 Å². The molecule has 2 atom stereocenters. The highest BCUT2D eigenvalue weighted by molar-refractivity contribution is 5.76. The van der Waals surface area contributed by atoms with Crippen molar-refractivity contribution in [3.8, 4) is 6.07 Å². The SMILES string of the molecule is N#C[C@H]1CC[C@@H](C(=O)OCc2ccccc2)N1. The van der Waals surface area contributed by atoms with Crippen molar-refractivity contribution < 1.29 is 9.53 Å². The zero-order chi connectivity index (χ0) is 12.1. The van der Waals surface area contributed by atoms with E-state index in [1.54, 1.807) is 0 Å². The molecule has 1 aliphatic rings. The Morgan fingerprint density at radius 2 is 2.18 bits per heavy atom. The lowest BCUT2D eigenvalue weighted by Gasteiger charge is -2.10. The van der Waals surface area contributed by atoms with Crippen LogP contribution in [0.5, 0.6) is 0 Å². The molecule has 4 nitrogen and oxygen atoms in total. The quantitative estimate of drug-likeness (QED) is 0.797. The molecule has 0 spiro atoms. The first-order valence-electron chi connectivity index (χ1n) is 5.66. The van der Waals surface area contributed by atoms with E-state index in [-0.39, 0.29) is 24.7 Å². The van der Waals surface area contributed by atoms with Crippen LogP contribution in [0.15, 0.2) is 30.3 Å². The van der Waals surface area contributed by atoms with Gasteiger partial charge in [-0.15, -0.1) is 0 Å². The molecular formula is C13H14N2O2. The number of nitrogens with zero attached hydrogens (tertiary/aromatic N) is 1. The molecule has 0 radical (unpaired) electrons. The second-order valence-corrected chi connectivity index (χ2v) is 4.07. The van der Waals surface area contributed by atoms with Crippen molar-refractivity contribution in [2.24, 2.45) is 0 Å². The Hall–Kier alpha value is -1.86. The average molecular weight is 230 g/mol. The maximum atomic E-state index is 11.7. The Bertz CT molecular complexity index is 425. The van der Waals surface area contributed by atoms with Gasteiger partial charge in [-0.1, -0.05) is 30.3 Å². The summed E-state index contributed by atoms with van der Waals surface area (Å²) < 4.78 is 5.19. The molecule has 1 heterocycles. The van der Waals surface area contributed by atoms with E-state index in [0.717, 1.165) is 5.56 Å². The van der Waals surface area contributed by atoms with Crippen LogP contribution in [0.3, 0.4) is 0 Å². The third-order valence-electron chi connectivity index (χ3n) is 2.81. The number of benzene rings is 1. The normalized spacial score (nSPS) is 23.0. The van der Waals surface area contributed by atoms with Gasteiger partial charge in [0.2, 0.25) is 0 Å². The Kier molecular flexibility index (Phi) is 3.73. The molecule has 4 heteroatoms. The highest BCUT2D eigenvalue weighted by atomic mass is 16.5. The predicted octanol–water partition coefficient (Wildman–Crippen LogP) is 1.37. The van der Waals surface area contributed by atoms with Crippen molar-refractivity contribution in [3.05, 3.63) is 35.9 Å². The van der Waals surface area contributed by atoms with Gasteiger partial charge in [0, 0.05) is 0 Å². The summed E-state index contributed by atoms with van der Waals surface area (Å²) in [7, 11) is 0. The van der Waals surface area contributed by atoms with Crippen LogP contribution in [-0.4, -0.2) is 18.1 Å². The van der Waals surface area contributed by atoms with E-state index < -0.39 is 0 Å². The maximum Gasteiger partial charge on any atom is 0.323 e. The fourth-order valence-electron chi connectivity index (χ4n) is 1.86. The molecule has 1 N–H and O–H groups in total. The molecule has 0 bridgehead atoms. The summed E-state index contributed by atoms with van der Waals surface area (Å²) in [5, 5.41) is 11.6. The Labute approximate surface area is 100 Å². The van der Waals surface area contributed by atoms with Gasteiger partial charge in [0.25, 0.3) is 0 Å². The predicted molar refractivity (Wildman–Crippen MR) is 61.8 cm³/mol. The summed E-state index contributed by atoms with van der Waals surface area (Å²) in [5.41, 5.74) is 0.968. The molecule has 17 heavy (non-hydrogen) atoms. The number of hydrogen-bond acceptors (Lipinski definition) is 4. The third-order valence-corrected chi connectivity index (χ3v) is 2.81. The number of nitrogens with one attached hydrogen (secondary N) is 1. The first-order chi connectivity index (χ1) is 8.29. The molecule has 2 rings (SSSR count). The van der Waals surface area contributed by atoms with Crippen molar-refractivity contribution in [1.82, 2.24) is 5.32 Å². The second kappa shape index (κ2) is 5.46. The van der Waals surface area contributed by atoms with Crippen molar-refractivity contribution >= 4 is 5.97 Å². The first-order valence-corrected chi connectivity index (χ1v) is 5.66. The summed E-state index contributed by atoms with van der Waals surface area (Å²) in [5.74, 6) is -0.272. The minimum absolute atomic E-state index is 0.218. The summed E-state index contributed by atoms with van der Waals surface area (Å²) in [6.07, 6.45) is 1.38. The van der Waals surface area contributed by atoms with Gasteiger partial charge in [0.1, 0.15) is 12.6 Å². The van der Waals surface area contributed by atoms with Crippen LogP contribution in [0.4, 0.5) is 0 Å². The largest absolute Gasteiger partial charge is 0.460 e. The molecule has 0 amide bonds. The van der Waals surface area contributed by atoms with Crippen LogP contribution >= 0.6 is 0 Å². The minimum atomic E-state index is -0.330. The Balaban J connectivity index is 1.81. The smallest absolute Gasteiger partial charge is 0.323 e. The molecule has 0 unspecified atom stereocenters. The molecule has 1 aliphatic heterocycles. The molecule has 0 saturated carbocycles. The molecule has 0 aliphatic carbocycles. The number of esters is 1. The van der Waals surface area contributed by atoms with Crippen LogP contribution in [0.25, 0.3) is 0 Å². The molecule has 0 aromatic heterocycles. The van der Waals surface area contributed by atoms with Crippen LogP contribution in [0, 0.1) is 11.3 Å². The monoisotopic (exact) mass is 230 g/mol. The number of carbonyl (C=O) groups excluding carboxylic acids is 1. The highest BCUT2D eigenvalue weighted by Gasteiger charge is 2.29. The Morgan fingerprint density at radius 1 is 1.41 bits per heavy atom. The van der Waals surface area contributed by atoms with Gasteiger partial charge in [-0.2, -0.15) is 5.26 Å². The molecular weight excluding hydrogens is 216 g/mol. The first kappa shape index (κ1) is 11.6. The van der Waals surface area contributed by atoms with Crippen molar-refractivity contribution in [2.75, 3.05) is 0 Å². The standard InChI is InChI=1S/C13H14N2O2/c14-8-11-6-7-12(15-11)13(16)17-9-10-4-2-1-3-5-10/h1-5,11-12,15H,6-7,9H2/t11-,12+/m1/s1. The van der Waals surface area contributed by atoms with Gasteiger partial charge < -0.3 is 4.74 Å². The molecule has 1 aromatic carbocycles. The lowest BCUT2D eigenvalue weighted by molar-refractivity contribution is -0.147. The Morgan fingerprint density at radius 3 is 2.82 bits per heavy atom. The van der Waals surface area contributed by atoms with Crippen molar-refractivity contribution in [2.45, 2.75) is 31.5 Å². The van der Waals surface area contributed by atoms with E-state index in [2.05, 4.69) is 11.4 Å². The summed E-state index contributed by atoms with van der Waals surface area (Å²) in [6, 6.07) is 11.1. The average Bonchev–Trinajstić information content (AvgIpc) is 2.86. The number of nitriles is 1. The summed E-state index contributed by atoms with van der Waals surface area (Å²) in [4.78, 5) is 11.7.